The Morgan fingerprint density at radius 3 is 1.39 bits per heavy atom. The van der Waals surface area contributed by atoms with Crippen LogP contribution in [0.5, 0.6) is 0 Å². The van der Waals surface area contributed by atoms with Crippen molar-refractivity contribution in [2.75, 3.05) is 0 Å². The maximum Gasteiger partial charge on any atom is 0.416 e. The number of nitriles is 1. The van der Waals surface area contributed by atoms with Crippen LogP contribution >= 0.6 is 0 Å². The summed E-state index contributed by atoms with van der Waals surface area (Å²) in [5.41, 5.74) is 2.28. The first-order chi connectivity index (χ1) is 27.0. The minimum Gasteiger partial charge on any atom is -0.308 e. The summed E-state index contributed by atoms with van der Waals surface area (Å²) in [7, 11) is 0. The second-order valence-corrected chi connectivity index (χ2v) is 13.5. The van der Waals surface area contributed by atoms with E-state index in [9.17, 15) is 31.6 Å². The van der Waals surface area contributed by atoms with E-state index in [2.05, 4.69) is 6.07 Å². The van der Waals surface area contributed by atoms with Gasteiger partial charge >= 0.3 is 12.4 Å². The zero-order chi connectivity index (χ0) is 38.9. The lowest BCUT2D eigenvalue weighted by atomic mass is 9.90. The molecule has 2 aromatic heterocycles. The van der Waals surface area contributed by atoms with E-state index in [0.717, 1.165) is 43.6 Å². The normalized spacial score (nSPS) is 12.2. The molecule has 56 heavy (non-hydrogen) atoms. The summed E-state index contributed by atoms with van der Waals surface area (Å²) >= 11 is 0. The SMILES string of the molecule is N#Cc1c(-n2c3ccccc3c3ccccc32)cc(C=N)c(-n2c3ccccc3c3ccccc32)c1-c1cccc(-c2cc(C(F)(F)F)cc(C(F)(F)F)c2)c1. The van der Waals surface area contributed by atoms with Gasteiger partial charge in [-0.15, -0.1) is 0 Å². The molecule has 0 radical (unpaired) electrons. The zero-order valence-corrected chi connectivity index (χ0v) is 29.0. The van der Waals surface area contributed by atoms with E-state index in [4.69, 9.17) is 5.41 Å². The number of aromatic nitrogens is 2. The Bertz CT molecular complexity index is 2960. The Morgan fingerprint density at radius 1 is 0.500 bits per heavy atom. The second-order valence-electron chi connectivity index (χ2n) is 13.5. The van der Waals surface area contributed by atoms with Gasteiger partial charge in [-0.25, -0.2) is 0 Å². The lowest BCUT2D eigenvalue weighted by Crippen LogP contribution is -2.11. The molecule has 0 aliphatic carbocycles. The molecule has 9 aromatic rings. The molecule has 4 nitrogen and oxygen atoms in total. The molecule has 0 saturated carbocycles. The van der Waals surface area contributed by atoms with Gasteiger partial charge in [0.25, 0.3) is 0 Å². The molecule has 0 aliphatic rings. The van der Waals surface area contributed by atoms with Gasteiger partial charge < -0.3 is 14.5 Å². The van der Waals surface area contributed by atoms with Crippen molar-refractivity contribution in [1.82, 2.24) is 9.13 Å². The quantitative estimate of drug-likeness (QED) is 0.138. The van der Waals surface area contributed by atoms with E-state index in [-0.39, 0.29) is 22.8 Å². The molecule has 0 spiro atoms. The first-order valence-corrected chi connectivity index (χ1v) is 17.5. The highest BCUT2D eigenvalue weighted by molar-refractivity contribution is 6.12. The number of halogens is 6. The minimum absolute atomic E-state index is 0.0785. The van der Waals surface area contributed by atoms with Gasteiger partial charge in [0, 0.05) is 38.9 Å². The van der Waals surface area contributed by atoms with Crippen LogP contribution < -0.4 is 0 Å². The molecule has 7 aromatic carbocycles. The summed E-state index contributed by atoms with van der Waals surface area (Å²) < 4.78 is 88.0. The second kappa shape index (κ2) is 12.7. The first kappa shape index (κ1) is 34.6. The minimum atomic E-state index is -5.04. The van der Waals surface area contributed by atoms with Crippen molar-refractivity contribution < 1.29 is 26.3 Å². The molecule has 10 heteroatoms. The third-order valence-electron chi connectivity index (χ3n) is 10.3. The third-order valence-corrected chi connectivity index (χ3v) is 10.3. The average molecular weight is 749 g/mol. The van der Waals surface area contributed by atoms with Gasteiger partial charge in [-0.05, 0) is 71.3 Å². The molecule has 0 bridgehead atoms. The summed E-state index contributed by atoms with van der Waals surface area (Å²) in [6.07, 6.45) is -8.88. The highest BCUT2D eigenvalue weighted by atomic mass is 19.4. The predicted molar refractivity (Wildman–Crippen MR) is 209 cm³/mol. The monoisotopic (exact) mass is 748 g/mol. The van der Waals surface area contributed by atoms with Gasteiger partial charge in [0.1, 0.15) is 6.07 Å². The summed E-state index contributed by atoms with van der Waals surface area (Å²) in [6, 6.07) is 42.8. The van der Waals surface area contributed by atoms with E-state index in [0.29, 0.717) is 40.2 Å². The lowest BCUT2D eigenvalue weighted by molar-refractivity contribution is -0.143. The molecule has 0 fully saturated rings. The summed E-state index contributed by atoms with van der Waals surface area (Å²) in [6.45, 7) is 0. The van der Waals surface area contributed by atoms with E-state index in [1.807, 2.05) is 106 Å². The Balaban J connectivity index is 1.43. The number of hydrogen-bond donors (Lipinski definition) is 1. The fourth-order valence-corrected chi connectivity index (χ4v) is 7.92. The Kier molecular flexibility index (Phi) is 7.88. The zero-order valence-electron chi connectivity index (χ0n) is 29.0. The van der Waals surface area contributed by atoms with Crippen molar-refractivity contribution in [1.29, 1.82) is 10.7 Å². The van der Waals surface area contributed by atoms with Crippen molar-refractivity contribution in [3.05, 3.63) is 168 Å². The fourth-order valence-electron chi connectivity index (χ4n) is 7.92. The number of hydrogen-bond acceptors (Lipinski definition) is 2. The Labute approximate surface area is 315 Å². The molecule has 2 heterocycles. The van der Waals surface area contributed by atoms with Gasteiger partial charge in [0.15, 0.2) is 0 Å². The molecule has 0 amide bonds. The number of rotatable bonds is 5. The Morgan fingerprint density at radius 2 is 0.946 bits per heavy atom. The molecular formula is C46H26F6N4. The molecule has 9 rings (SSSR count). The molecule has 0 atom stereocenters. The lowest BCUT2D eigenvalue weighted by Gasteiger charge is -2.22. The molecular weight excluding hydrogens is 723 g/mol. The van der Waals surface area contributed by atoms with E-state index < -0.39 is 23.5 Å². The van der Waals surface area contributed by atoms with Gasteiger partial charge in [-0.3, -0.25) is 0 Å². The smallest absolute Gasteiger partial charge is 0.308 e. The summed E-state index contributed by atoms with van der Waals surface area (Å²) in [5, 5.41) is 23.8. The predicted octanol–water partition coefficient (Wildman–Crippen LogP) is 13.1. The van der Waals surface area contributed by atoms with Gasteiger partial charge in [-0.1, -0.05) is 91.0 Å². The van der Waals surface area contributed by atoms with Crippen molar-refractivity contribution in [3.8, 4) is 39.7 Å². The molecule has 272 valence electrons. The van der Waals surface area contributed by atoms with Crippen molar-refractivity contribution >= 4 is 49.8 Å². The highest BCUT2D eigenvalue weighted by Crippen LogP contribution is 2.45. The van der Waals surface area contributed by atoms with Crippen molar-refractivity contribution in [2.45, 2.75) is 12.4 Å². The maximum absolute atomic E-state index is 14.0. The fraction of sp³-hybridized carbons (Fsp3) is 0.0435. The molecule has 0 aliphatic heterocycles. The molecule has 0 saturated heterocycles. The first-order valence-electron chi connectivity index (χ1n) is 17.5. The number of nitrogens with one attached hydrogen (secondary N) is 1. The van der Waals surface area contributed by atoms with Gasteiger partial charge in [0.2, 0.25) is 0 Å². The summed E-state index contributed by atoms with van der Waals surface area (Å²) in [5.74, 6) is 0. The van der Waals surface area contributed by atoms with Crippen LogP contribution in [0.1, 0.15) is 22.3 Å². The van der Waals surface area contributed by atoms with Crippen LogP contribution in [-0.4, -0.2) is 15.3 Å². The number of alkyl halides is 6. The number of nitrogens with zero attached hydrogens (tertiary/aromatic N) is 3. The van der Waals surface area contributed by atoms with Crippen LogP contribution in [0.15, 0.2) is 146 Å². The third kappa shape index (κ3) is 5.42. The largest absolute Gasteiger partial charge is 0.416 e. The van der Waals surface area contributed by atoms with Crippen LogP contribution in [0.3, 0.4) is 0 Å². The van der Waals surface area contributed by atoms with Gasteiger partial charge in [-0.2, -0.15) is 31.6 Å². The molecule has 0 unspecified atom stereocenters. The number of para-hydroxylation sites is 4. The van der Waals surface area contributed by atoms with E-state index >= 15 is 0 Å². The maximum atomic E-state index is 14.0. The van der Waals surface area contributed by atoms with Crippen LogP contribution in [0.4, 0.5) is 26.3 Å². The van der Waals surface area contributed by atoms with Gasteiger partial charge in [0.05, 0.1) is 50.1 Å². The number of fused-ring (bicyclic) bond motifs is 6. The Hall–Kier alpha value is -7.12. The van der Waals surface area contributed by atoms with Crippen LogP contribution in [0.25, 0.3) is 77.2 Å². The number of benzene rings is 7. The van der Waals surface area contributed by atoms with Crippen molar-refractivity contribution in [2.24, 2.45) is 0 Å². The topological polar surface area (TPSA) is 57.5 Å². The van der Waals surface area contributed by atoms with Crippen LogP contribution in [0, 0.1) is 16.7 Å². The van der Waals surface area contributed by atoms with Crippen LogP contribution in [-0.2, 0) is 12.4 Å². The van der Waals surface area contributed by atoms with E-state index in [1.165, 1.54) is 18.3 Å². The van der Waals surface area contributed by atoms with Crippen LogP contribution in [0.2, 0.25) is 0 Å². The summed E-state index contributed by atoms with van der Waals surface area (Å²) in [4.78, 5) is 0. The average Bonchev–Trinajstić information content (AvgIpc) is 3.72. The van der Waals surface area contributed by atoms with Crippen molar-refractivity contribution in [3.63, 3.8) is 0 Å². The highest BCUT2D eigenvalue weighted by Gasteiger charge is 2.37. The van der Waals surface area contributed by atoms with E-state index in [1.54, 1.807) is 18.2 Å². The standard InChI is InChI=1S/C46H26F6N4/c47-45(48,49)31-21-29(22-32(24-31)46(50,51)52)27-10-9-11-28(20-27)43-37(26-54)42(55-38-16-5-1-12-33(38)34-13-2-6-17-39(34)55)23-30(25-53)44(43)56-40-18-7-3-14-35(40)36-15-4-8-19-41(36)56/h1-25,53H. The molecule has 1 N–H and O–H groups in total.